The molecule has 2 amide bonds. The predicted molar refractivity (Wildman–Crippen MR) is 115 cm³/mol. The summed E-state index contributed by atoms with van der Waals surface area (Å²) in [7, 11) is 0. The summed E-state index contributed by atoms with van der Waals surface area (Å²) in [6.45, 7) is 2.17. The van der Waals surface area contributed by atoms with Crippen LogP contribution in [-0.4, -0.2) is 21.7 Å². The third-order valence-corrected chi connectivity index (χ3v) is 5.91. The minimum Gasteiger partial charge on any atom is -0.269 e. The van der Waals surface area contributed by atoms with E-state index in [9.17, 15) is 9.59 Å². The zero-order valence-corrected chi connectivity index (χ0v) is 17.2. The molecule has 29 heavy (non-hydrogen) atoms. The molecule has 0 atom stereocenters. The molecule has 2 heterocycles. The predicted octanol–water partition coefficient (Wildman–Crippen LogP) is 5.12. The van der Waals surface area contributed by atoms with Gasteiger partial charge >= 0.3 is 0 Å². The smallest absolute Gasteiger partial charge is 0.268 e. The summed E-state index contributed by atoms with van der Waals surface area (Å²) in [5.41, 5.74) is 3.05. The Morgan fingerprint density at radius 2 is 1.69 bits per heavy atom. The average Bonchev–Trinajstić information content (AvgIpc) is 2.95. The molecule has 0 N–H and O–H groups in total. The number of nitrogens with zero attached hydrogens (tertiary/aromatic N) is 2. The van der Waals surface area contributed by atoms with Crippen molar-refractivity contribution in [3.8, 4) is 0 Å². The largest absolute Gasteiger partial charge is 0.269 e. The summed E-state index contributed by atoms with van der Waals surface area (Å²) in [6.07, 6.45) is 3.32. The SMILES string of the molecule is Cc1ccc(C2=C(Sc3ccc(Cl)cc3)C(=O)N(Cc3cccnc3)C2=O)cc1. The zero-order chi connectivity index (χ0) is 20.4. The van der Waals surface area contributed by atoms with Gasteiger partial charge in [0, 0.05) is 22.3 Å². The van der Waals surface area contributed by atoms with E-state index < -0.39 is 0 Å². The third kappa shape index (κ3) is 4.11. The maximum absolute atomic E-state index is 13.3. The van der Waals surface area contributed by atoms with Crippen LogP contribution in [0.4, 0.5) is 0 Å². The minimum absolute atomic E-state index is 0.186. The lowest BCUT2D eigenvalue weighted by Gasteiger charge is -2.15. The number of halogens is 1. The normalized spacial score (nSPS) is 14.1. The number of imide groups is 1. The van der Waals surface area contributed by atoms with Crippen molar-refractivity contribution < 1.29 is 9.59 Å². The van der Waals surface area contributed by atoms with Crippen LogP contribution in [-0.2, 0) is 16.1 Å². The van der Waals surface area contributed by atoms with Gasteiger partial charge in [-0.3, -0.25) is 19.5 Å². The molecule has 2 aromatic carbocycles. The Hall–Kier alpha value is -2.89. The quantitative estimate of drug-likeness (QED) is 0.538. The van der Waals surface area contributed by atoms with E-state index in [1.165, 1.54) is 16.7 Å². The summed E-state index contributed by atoms with van der Waals surface area (Å²) in [6, 6.07) is 18.5. The van der Waals surface area contributed by atoms with Gasteiger partial charge in [-0.1, -0.05) is 59.3 Å². The van der Waals surface area contributed by atoms with Crippen LogP contribution in [0, 0.1) is 6.92 Å². The molecule has 0 radical (unpaired) electrons. The summed E-state index contributed by atoms with van der Waals surface area (Å²) in [4.78, 5) is 33.1. The summed E-state index contributed by atoms with van der Waals surface area (Å²) < 4.78 is 0. The second-order valence-corrected chi connectivity index (χ2v) is 8.20. The van der Waals surface area contributed by atoms with Crippen LogP contribution in [0.1, 0.15) is 16.7 Å². The van der Waals surface area contributed by atoms with Gasteiger partial charge in [0.25, 0.3) is 11.8 Å². The second kappa shape index (κ2) is 8.23. The molecule has 0 fully saturated rings. The van der Waals surface area contributed by atoms with E-state index in [2.05, 4.69) is 4.98 Å². The standard InChI is InChI=1S/C23H17ClN2O2S/c1-15-4-6-17(7-5-15)20-21(29-19-10-8-18(24)9-11-19)23(28)26(22(20)27)14-16-3-2-12-25-13-16/h2-13H,14H2,1H3. The highest BCUT2D eigenvalue weighted by Crippen LogP contribution is 2.40. The van der Waals surface area contributed by atoms with Crippen molar-refractivity contribution in [2.24, 2.45) is 0 Å². The molecule has 0 saturated carbocycles. The van der Waals surface area contributed by atoms with Crippen LogP contribution in [0.2, 0.25) is 5.02 Å². The van der Waals surface area contributed by atoms with Crippen LogP contribution < -0.4 is 0 Å². The highest BCUT2D eigenvalue weighted by Gasteiger charge is 2.39. The molecule has 3 aromatic rings. The number of hydrogen-bond acceptors (Lipinski definition) is 4. The van der Waals surface area contributed by atoms with Gasteiger partial charge in [-0.25, -0.2) is 0 Å². The fourth-order valence-electron chi connectivity index (χ4n) is 3.06. The monoisotopic (exact) mass is 420 g/mol. The molecule has 1 aliphatic heterocycles. The molecule has 1 aromatic heterocycles. The highest BCUT2D eigenvalue weighted by molar-refractivity contribution is 8.04. The lowest BCUT2D eigenvalue weighted by molar-refractivity contribution is -0.137. The molecule has 0 spiro atoms. The van der Waals surface area contributed by atoms with Gasteiger partial charge < -0.3 is 0 Å². The van der Waals surface area contributed by atoms with E-state index in [4.69, 9.17) is 11.6 Å². The van der Waals surface area contributed by atoms with Crippen molar-refractivity contribution >= 4 is 40.8 Å². The lowest BCUT2D eigenvalue weighted by atomic mass is 10.0. The van der Waals surface area contributed by atoms with E-state index in [0.29, 0.717) is 15.5 Å². The van der Waals surface area contributed by atoms with Crippen molar-refractivity contribution in [3.05, 3.63) is 99.7 Å². The molecule has 0 saturated heterocycles. The number of hydrogen-bond donors (Lipinski definition) is 0. The van der Waals surface area contributed by atoms with E-state index in [0.717, 1.165) is 21.6 Å². The van der Waals surface area contributed by atoms with Gasteiger partial charge in [0.2, 0.25) is 0 Å². The molecule has 1 aliphatic rings. The summed E-state index contributed by atoms with van der Waals surface area (Å²) >= 11 is 7.26. The van der Waals surface area contributed by atoms with E-state index >= 15 is 0 Å². The van der Waals surface area contributed by atoms with Gasteiger partial charge in [-0.05, 0) is 48.4 Å². The Morgan fingerprint density at radius 1 is 0.966 bits per heavy atom. The number of carbonyl (C=O) groups is 2. The van der Waals surface area contributed by atoms with Crippen molar-refractivity contribution in [1.82, 2.24) is 9.88 Å². The Bertz CT molecular complexity index is 1090. The second-order valence-electron chi connectivity index (χ2n) is 6.68. The van der Waals surface area contributed by atoms with E-state index in [1.54, 1.807) is 30.6 Å². The number of aryl methyl sites for hydroxylation is 1. The molecule has 6 heteroatoms. The first-order valence-corrected chi connectivity index (χ1v) is 10.2. The van der Waals surface area contributed by atoms with Crippen LogP contribution in [0.15, 0.2) is 82.9 Å². The Kier molecular flexibility index (Phi) is 5.51. The maximum atomic E-state index is 13.3. The van der Waals surface area contributed by atoms with Crippen molar-refractivity contribution in [3.63, 3.8) is 0 Å². The molecule has 4 rings (SSSR count). The number of benzene rings is 2. The first kappa shape index (κ1) is 19.4. The summed E-state index contributed by atoms with van der Waals surface area (Å²) in [5.74, 6) is -0.589. The van der Waals surface area contributed by atoms with Gasteiger partial charge in [0.1, 0.15) is 0 Å². The first-order chi connectivity index (χ1) is 14.0. The van der Waals surface area contributed by atoms with Gasteiger partial charge in [-0.2, -0.15) is 0 Å². The number of amides is 2. The van der Waals surface area contributed by atoms with Crippen LogP contribution in [0.3, 0.4) is 0 Å². The Labute approximate surface area is 178 Å². The molecule has 0 bridgehead atoms. The van der Waals surface area contributed by atoms with Gasteiger partial charge in [0.15, 0.2) is 0 Å². The van der Waals surface area contributed by atoms with Crippen molar-refractivity contribution in [1.29, 1.82) is 0 Å². The molecule has 4 nitrogen and oxygen atoms in total. The van der Waals surface area contributed by atoms with Crippen LogP contribution in [0.25, 0.3) is 5.57 Å². The number of thioether (sulfide) groups is 1. The van der Waals surface area contributed by atoms with Gasteiger partial charge in [-0.15, -0.1) is 0 Å². The first-order valence-electron chi connectivity index (χ1n) is 9.03. The minimum atomic E-state index is -0.297. The number of rotatable bonds is 5. The molecule has 0 unspecified atom stereocenters. The Morgan fingerprint density at radius 3 is 2.34 bits per heavy atom. The molecule has 144 valence electrons. The number of carbonyl (C=O) groups excluding carboxylic acids is 2. The highest BCUT2D eigenvalue weighted by atomic mass is 35.5. The van der Waals surface area contributed by atoms with Crippen molar-refractivity contribution in [2.75, 3.05) is 0 Å². The fourth-order valence-corrected chi connectivity index (χ4v) is 4.20. The fraction of sp³-hybridized carbons (Fsp3) is 0.0870. The maximum Gasteiger partial charge on any atom is 0.268 e. The average molecular weight is 421 g/mol. The van der Waals surface area contributed by atoms with E-state index in [1.807, 2.05) is 49.4 Å². The Balaban J connectivity index is 1.74. The van der Waals surface area contributed by atoms with Crippen molar-refractivity contribution in [2.45, 2.75) is 18.4 Å². The van der Waals surface area contributed by atoms with Crippen LogP contribution in [0.5, 0.6) is 0 Å². The molecular formula is C23H17ClN2O2S. The molecular weight excluding hydrogens is 404 g/mol. The number of pyridine rings is 1. The topological polar surface area (TPSA) is 50.3 Å². The lowest BCUT2D eigenvalue weighted by Crippen LogP contribution is -2.30. The van der Waals surface area contributed by atoms with Crippen LogP contribution >= 0.6 is 23.4 Å². The van der Waals surface area contributed by atoms with Gasteiger partial charge in [0.05, 0.1) is 17.0 Å². The third-order valence-electron chi connectivity index (χ3n) is 4.56. The zero-order valence-electron chi connectivity index (χ0n) is 15.6. The van der Waals surface area contributed by atoms with E-state index in [-0.39, 0.29) is 18.4 Å². The molecule has 0 aliphatic carbocycles. The number of aromatic nitrogens is 1. The summed E-state index contributed by atoms with van der Waals surface area (Å²) in [5, 5.41) is 0.620.